The molecule has 0 unspecified atom stereocenters. The van der Waals surface area contributed by atoms with E-state index in [0.717, 1.165) is 16.7 Å². The van der Waals surface area contributed by atoms with Crippen LogP contribution in [0.3, 0.4) is 0 Å². The predicted octanol–water partition coefficient (Wildman–Crippen LogP) is 4.54. The van der Waals surface area contributed by atoms with Crippen molar-refractivity contribution >= 4 is 34.1 Å². The molecule has 6 nitrogen and oxygen atoms in total. The van der Waals surface area contributed by atoms with Crippen molar-refractivity contribution in [3.63, 3.8) is 0 Å². The highest BCUT2D eigenvalue weighted by Gasteiger charge is 2.09. The summed E-state index contributed by atoms with van der Waals surface area (Å²) >= 11 is 6.30. The second-order valence-corrected chi connectivity index (χ2v) is 5.42. The molecule has 0 spiro atoms. The summed E-state index contributed by atoms with van der Waals surface area (Å²) in [4.78, 5) is 8.42. The number of nitrogens with zero attached hydrogens (tertiary/aromatic N) is 3. The number of ether oxygens (including phenoxy) is 1. The van der Waals surface area contributed by atoms with E-state index in [4.69, 9.17) is 16.3 Å². The number of aromatic amines is 1. The van der Waals surface area contributed by atoms with E-state index in [0.29, 0.717) is 22.5 Å². The molecular weight excluding hydrogens is 326 g/mol. The number of nitrogens with one attached hydrogen (secondary N) is 2. The molecule has 0 saturated heterocycles. The number of aromatic nitrogens is 4. The van der Waals surface area contributed by atoms with E-state index in [1.807, 2.05) is 30.3 Å². The van der Waals surface area contributed by atoms with Crippen LogP contribution in [0.25, 0.3) is 11.0 Å². The molecule has 2 N–H and O–H groups in total. The smallest absolute Gasteiger partial charge is 0.219 e. The lowest BCUT2D eigenvalue weighted by Crippen LogP contribution is -1.93. The third-order valence-corrected chi connectivity index (χ3v) is 3.66. The SMILES string of the molecule is Clc1cc(Nc2n[nH]c3cccnc23)ccc1Oc1ccccn1. The van der Waals surface area contributed by atoms with Crippen molar-refractivity contribution in [3.8, 4) is 11.6 Å². The van der Waals surface area contributed by atoms with Gasteiger partial charge in [-0.05, 0) is 36.4 Å². The predicted molar refractivity (Wildman–Crippen MR) is 92.9 cm³/mol. The first-order chi connectivity index (χ1) is 11.8. The Bertz CT molecular complexity index is 987. The van der Waals surface area contributed by atoms with Crippen molar-refractivity contribution in [3.05, 3.63) is 65.9 Å². The second-order valence-electron chi connectivity index (χ2n) is 5.01. The van der Waals surface area contributed by atoms with Gasteiger partial charge in [-0.15, -0.1) is 0 Å². The van der Waals surface area contributed by atoms with Crippen LogP contribution >= 0.6 is 11.6 Å². The minimum atomic E-state index is 0.471. The largest absolute Gasteiger partial charge is 0.437 e. The van der Waals surface area contributed by atoms with Gasteiger partial charge in [0.05, 0.1) is 10.5 Å². The molecule has 3 aromatic heterocycles. The Morgan fingerprint density at radius 1 is 1.00 bits per heavy atom. The van der Waals surface area contributed by atoms with Crippen LogP contribution in [0.4, 0.5) is 11.5 Å². The van der Waals surface area contributed by atoms with Crippen molar-refractivity contribution in [1.29, 1.82) is 0 Å². The topological polar surface area (TPSA) is 75.7 Å². The minimum absolute atomic E-state index is 0.471. The molecule has 118 valence electrons. The minimum Gasteiger partial charge on any atom is -0.437 e. The molecule has 0 bridgehead atoms. The molecule has 0 fully saturated rings. The van der Waals surface area contributed by atoms with Gasteiger partial charge in [0.2, 0.25) is 5.88 Å². The number of rotatable bonds is 4. The Morgan fingerprint density at radius 3 is 2.75 bits per heavy atom. The third kappa shape index (κ3) is 2.87. The molecule has 24 heavy (non-hydrogen) atoms. The number of pyridine rings is 2. The summed E-state index contributed by atoms with van der Waals surface area (Å²) in [5, 5.41) is 10.8. The summed E-state index contributed by atoms with van der Waals surface area (Å²) in [5.41, 5.74) is 2.41. The molecule has 0 amide bonds. The first kappa shape index (κ1) is 14.5. The van der Waals surface area contributed by atoms with Crippen LogP contribution in [0.15, 0.2) is 60.9 Å². The molecule has 4 aromatic rings. The third-order valence-electron chi connectivity index (χ3n) is 3.37. The second kappa shape index (κ2) is 6.17. The van der Waals surface area contributed by atoms with Gasteiger partial charge in [-0.25, -0.2) is 4.98 Å². The number of H-pyrrole nitrogens is 1. The monoisotopic (exact) mass is 337 g/mol. The Kier molecular flexibility index (Phi) is 3.72. The number of halogens is 1. The standard InChI is InChI=1S/C17H12ClN5O/c18-12-10-11(6-7-14(12)24-15-5-1-2-8-19-15)21-17-16-13(22-23-17)4-3-9-20-16/h1-10H,(H2,21,22,23). The Balaban J connectivity index is 1.58. The average Bonchev–Trinajstić information content (AvgIpc) is 3.01. The summed E-state index contributed by atoms with van der Waals surface area (Å²) < 4.78 is 5.66. The highest BCUT2D eigenvalue weighted by Crippen LogP contribution is 2.32. The van der Waals surface area contributed by atoms with Gasteiger partial charge in [0.15, 0.2) is 5.82 Å². The van der Waals surface area contributed by atoms with E-state index in [-0.39, 0.29) is 0 Å². The summed E-state index contributed by atoms with van der Waals surface area (Å²) in [7, 11) is 0. The number of hydrogen-bond donors (Lipinski definition) is 2. The Labute approximate surface area is 142 Å². The van der Waals surface area contributed by atoms with Gasteiger partial charge in [0.25, 0.3) is 0 Å². The molecule has 1 aromatic carbocycles. The molecule has 0 aliphatic carbocycles. The zero-order valence-corrected chi connectivity index (χ0v) is 13.2. The van der Waals surface area contributed by atoms with Gasteiger partial charge >= 0.3 is 0 Å². The lowest BCUT2D eigenvalue weighted by molar-refractivity contribution is 0.463. The molecule has 0 atom stereocenters. The Morgan fingerprint density at radius 2 is 1.92 bits per heavy atom. The molecular formula is C17H12ClN5O. The molecule has 0 radical (unpaired) electrons. The number of fused-ring (bicyclic) bond motifs is 1. The van der Waals surface area contributed by atoms with Gasteiger partial charge in [0, 0.05) is 24.1 Å². The van der Waals surface area contributed by atoms with Crippen LogP contribution in [0.1, 0.15) is 0 Å². The zero-order valence-electron chi connectivity index (χ0n) is 12.4. The fourth-order valence-electron chi connectivity index (χ4n) is 2.26. The van der Waals surface area contributed by atoms with Gasteiger partial charge in [0.1, 0.15) is 11.3 Å². The van der Waals surface area contributed by atoms with Gasteiger partial charge in [-0.2, -0.15) is 5.10 Å². The summed E-state index contributed by atoms with van der Waals surface area (Å²) in [5.74, 6) is 1.66. The van der Waals surface area contributed by atoms with Crippen molar-refractivity contribution in [2.45, 2.75) is 0 Å². The fraction of sp³-hybridized carbons (Fsp3) is 0. The Hall–Kier alpha value is -3.12. The van der Waals surface area contributed by atoms with Crippen molar-refractivity contribution in [2.75, 3.05) is 5.32 Å². The first-order valence-corrected chi connectivity index (χ1v) is 7.62. The van der Waals surface area contributed by atoms with E-state index in [1.165, 1.54) is 0 Å². The van der Waals surface area contributed by atoms with Crippen molar-refractivity contribution in [1.82, 2.24) is 20.2 Å². The average molecular weight is 338 g/mol. The molecule has 0 saturated carbocycles. The quantitative estimate of drug-likeness (QED) is 0.571. The lowest BCUT2D eigenvalue weighted by atomic mass is 10.3. The van der Waals surface area contributed by atoms with Crippen LogP contribution in [-0.2, 0) is 0 Å². The van der Waals surface area contributed by atoms with Crippen LogP contribution in [-0.4, -0.2) is 20.2 Å². The maximum atomic E-state index is 6.30. The highest BCUT2D eigenvalue weighted by molar-refractivity contribution is 6.32. The number of anilines is 2. The summed E-state index contributed by atoms with van der Waals surface area (Å²) in [6, 6.07) is 14.6. The highest BCUT2D eigenvalue weighted by atomic mass is 35.5. The van der Waals surface area contributed by atoms with Crippen LogP contribution < -0.4 is 10.1 Å². The maximum Gasteiger partial charge on any atom is 0.219 e. The van der Waals surface area contributed by atoms with Gasteiger partial charge < -0.3 is 10.1 Å². The number of benzene rings is 1. The van der Waals surface area contributed by atoms with Gasteiger partial charge in [-0.1, -0.05) is 17.7 Å². The van der Waals surface area contributed by atoms with E-state index >= 15 is 0 Å². The normalized spacial score (nSPS) is 10.7. The molecule has 0 aliphatic rings. The molecule has 4 rings (SSSR count). The molecule has 7 heteroatoms. The summed E-state index contributed by atoms with van der Waals surface area (Å²) in [6.45, 7) is 0. The molecule has 0 aliphatic heterocycles. The van der Waals surface area contributed by atoms with Crippen LogP contribution in [0, 0.1) is 0 Å². The number of hydrogen-bond acceptors (Lipinski definition) is 5. The van der Waals surface area contributed by atoms with E-state index < -0.39 is 0 Å². The first-order valence-electron chi connectivity index (χ1n) is 7.24. The van der Waals surface area contributed by atoms with Crippen LogP contribution in [0.5, 0.6) is 11.6 Å². The summed E-state index contributed by atoms with van der Waals surface area (Å²) in [6.07, 6.45) is 3.38. The maximum absolute atomic E-state index is 6.30. The fourth-order valence-corrected chi connectivity index (χ4v) is 2.48. The lowest BCUT2D eigenvalue weighted by Gasteiger charge is -2.09. The van der Waals surface area contributed by atoms with E-state index in [9.17, 15) is 0 Å². The van der Waals surface area contributed by atoms with Gasteiger partial charge in [-0.3, -0.25) is 10.1 Å². The van der Waals surface area contributed by atoms with Crippen molar-refractivity contribution in [2.24, 2.45) is 0 Å². The zero-order chi connectivity index (χ0) is 16.4. The molecule has 3 heterocycles. The van der Waals surface area contributed by atoms with E-state index in [2.05, 4.69) is 25.5 Å². The van der Waals surface area contributed by atoms with E-state index in [1.54, 1.807) is 30.6 Å². The van der Waals surface area contributed by atoms with Crippen molar-refractivity contribution < 1.29 is 4.74 Å². The van der Waals surface area contributed by atoms with Crippen LogP contribution in [0.2, 0.25) is 5.02 Å².